The predicted octanol–water partition coefficient (Wildman–Crippen LogP) is 0.788. The second-order valence-corrected chi connectivity index (χ2v) is 2.70. The van der Waals surface area contributed by atoms with Crippen LogP contribution in [0.5, 0.6) is 0 Å². The molecule has 0 bridgehead atoms. The summed E-state index contributed by atoms with van der Waals surface area (Å²) in [6, 6.07) is 2.76. The topological polar surface area (TPSA) is 105 Å². The molecule has 0 aliphatic rings. The van der Waals surface area contributed by atoms with Gasteiger partial charge in [0.25, 0.3) is 0 Å². The lowest BCUT2D eigenvalue weighted by Crippen LogP contribution is -2.31. The van der Waals surface area contributed by atoms with Gasteiger partial charge in [-0.3, -0.25) is 9.78 Å². The summed E-state index contributed by atoms with van der Waals surface area (Å²) >= 11 is 0. The fourth-order valence-electron chi connectivity index (χ4n) is 0.978. The van der Waals surface area contributed by atoms with Crippen molar-refractivity contribution >= 4 is 5.91 Å². The monoisotopic (exact) mass is 191 g/mol. The number of nitrogens with two attached hydrogens (primary N) is 1. The molecule has 1 aromatic heterocycles. The number of aromatic nitrogens is 1. The van der Waals surface area contributed by atoms with Crippen LogP contribution in [-0.4, -0.2) is 16.9 Å². The molecule has 14 heavy (non-hydrogen) atoms. The van der Waals surface area contributed by atoms with Gasteiger partial charge in [-0.2, -0.15) is 0 Å². The molecule has 1 atom stereocenters. The number of pyridine rings is 1. The number of hydrogen-bond acceptors (Lipinski definition) is 3. The zero-order chi connectivity index (χ0) is 10.4. The van der Waals surface area contributed by atoms with Crippen molar-refractivity contribution in [2.45, 2.75) is 12.5 Å². The van der Waals surface area contributed by atoms with E-state index in [0.717, 1.165) is 5.56 Å². The molecular weight excluding hydrogens is 182 g/mol. The number of carbonyl (C=O) groups is 1. The van der Waals surface area contributed by atoms with Crippen molar-refractivity contribution in [1.82, 2.24) is 4.98 Å². The highest BCUT2D eigenvalue weighted by atomic mass is 16.2. The van der Waals surface area contributed by atoms with E-state index in [-0.39, 0.29) is 0 Å². The molecule has 6 nitrogen and oxygen atoms in total. The molecular formula is C8H9N5O. The zero-order valence-electron chi connectivity index (χ0n) is 7.37. The summed E-state index contributed by atoms with van der Waals surface area (Å²) in [6.45, 7) is 0. The van der Waals surface area contributed by atoms with Gasteiger partial charge < -0.3 is 5.73 Å². The standard InChI is InChI=1S/C8H9N5O/c9-7(8(14)12-13-10)4-6-2-1-3-11-5-6/h1-3,5,7H,4,9H2. The Bertz CT molecular complexity index is 357. The molecule has 1 heterocycles. The molecule has 1 rings (SSSR count). The molecule has 6 heteroatoms. The molecule has 72 valence electrons. The fourth-order valence-corrected chi connectivity index (χ4v) is 0.978. The minimum absolute atomic E-state index is 0.325. The fraction of sp³-hybridized carbons (Fsp3) is 0.250. The van der Waals surface area contributed by atoms with Gasteiger partial charge in [0.2, 0.25) is 5.91 Å². The lowest BCUT2D eigenvalue weighted by atomic mass is 10.1. The molecule has 1 aromatic rings. The molecule has 0 spiro atoms. The first-order chi connectivity index (χ1) is 6.74. The number of hydrogen-bond donors (Lipinski definition) is 1. The van der Waals surface area contributed by atoms with Crippen molar-refractivity contribution in [3.8, 4) is 0 Å². The first kappa shape index (κ1) is 10.2. The summed E-state index contributed by atoms with van der Waals surface area (Å²) in [6.07, 6.45) is 3.57. The van der Waals surface area contributed by atoms with Crippen LogP contribution >= 0.6 is 0 Å². The Balaban J connectivity index is 2.61. The SMILES string of the molecule is [N-]=[N+]=NC(=O)C(N)Cc1cccnc1. The highest BCUT2D eigenvalue weighted by Gasteiger charge is 2.11. The Morgan fingerprint density at radius 1 is 1.79 bits per heavy atom. The van der Waals surface area contributed by atoms with Gasteiger partial charge in [0, 0.05) is 17.3 Å². The Morgan fingerprint density at radius 2 is 2.57 bits per heavy atom. The van der Waals surface area contributed by atoms with Crippen LogP contribution in [0, 0.1) is 0 Å². The summed E-state index contributed by atoms with van der Waals surface area (Å²) in [5.41, 5.74) is 14.3. The Labute approximate surface area is 80.4 Å². The minimum atomic E-state index is -0.796. The van der Waals surface area contributed by atoms with Crippen molar-refractivity contribution in [1.29, 1.82) is 0 Å². The van der Waals surface area contributed by atoms with E-state index in [4.69, 9.17) is 11.3 Å². The first-order valence-electron chi connectivity index (χ1n) is 3.97. The quantitative estimate of drug-likeness (QED) is 0.433. The number of nitrogens with zero attached hydrogens (tertiary/aromatic N) is 4. The molecule has 0 aliphatic carbocycles. The Kier molecular flexibility index (Phi) is 3.60. The van der Waals surface area contributed by atoms with Gasteiger partial charge in [-0.25, -0.2) is 0 Å². The van der Waals surface area contributed by atoms with Gasteiger partial charge in [-0.05, 0) is 28.7 Å². The number of amides is 1. The number of azide groups is 1. The van der Waals surface area contributed by atoms with Gasteiger partial charge in [-0.15, -0.1) is 0 Å². The van der Waals surface area contributed by atoms with Gasteiger partial charge >= 0.3 is 0 Å². The van der Waals surface area contributed by atoms with E-state index in [9.17, 15) is 4.79 Å². The summed E-state index contributed by atoms with van der Waals surface area (Å²) in [5.74, 6) is -0.656. The van der Waals surface area contributed by atoms with Crippen molar-refractivity contribution in [2.24, 2.45) is 10.8 Å². The van der Waals surface area contributed by atoms with Gasteiger partial charge in [0.1, 0.15) is 0 Å². The number of carbonyl (C=O) groups excluding carboxylic acids is 1. The third kappa shape index (κ3) is 2.85. The zero-order valence-corrected chi connectivity index (χ0v) is 7.37. The van der Waals surface area contributed by atoms with Crippen LogP contribution in [0.25, 0.3) is 10.4 Å². The minimum Gasteiger partial charge on any atom is -0.321 e. The highest BCUT2D eigenvalue weighted by molar-refractivity contribution is 5.82. The van der Waals surface area contributed by atoms with E-state index >= 15 is 0 Å². The van der Waals surface area contributed by atoms with Crippen LogP contribution < -0.4 is 5.73 Å². The summed E-state index contributed by atoms with van der Waals surface area (Å²) in [4.78, 5) is 17.2. The molecule has 0 saturated carbocycles. The molecule has 1 amide bonds. The van der Waals surface area contributed by atoms with E-state index < -0.39 is 11.9 Å². The van der Waals surface area contributed by atoms with Crippen LogP contribution in [-0.2, 0) is 11.2 Å². The van der Waals surface area contributed by atoms with E-state index in [2.05, 4.69) is 15.0 Å². The van der Waals surface area contributed by atoms with Crippen LogP contribution in [0.15, 0.2) is 29.6 Å². The maximum Gasteiger partial charge on any atom is 0.235 e. The van der Waals surface area contributed by atoms with Gasteiger partial charge in [0.15, 0.2) is 0 Å². The summed E-state index contributed by atoms with van der Waals surface area (Å²) in [7, 11) is 0. The maximum atomic E-state index is 11.0. The molecule has 0 saturated heterocycles. The van der Waals surface area contributed by atoms with E-state index in [1.807, 2.05) is 0 Å². The summed E-state index contributed by atoms with van der Waals surface area (Å²) < 4.78 is 0. The largest absolute Gasteiger partial charge is 0.321 e. The molecule has 1 unspecified atom stereocenters. The van der Waals surface area contributed by atoms with Gasteiger partial charge in [-0.1, -0.05) is 6.07 Å². The van der Waals surface area contributed by atoms with Crippen LogP contribution in [0.4, 0.5) is 0 Å². The van der Waals surface area contributed by atoms with E-state index in [1.165, 1.54) is 0 Å². The molecule has 0 fully saturated rings. The molecule has 2 N–H and O–H groups in total. The van der Waals surface area contributed by atoms with E-state index in [0.29, 0.717) is 6.42 Å². The predicted molar refractivity (Wildman–Crippen MR) is 50.1 cm³/mol. The molecule has 0 aromatic carbocycles. The third-order valence-electron chi connectivity index (χ3n) is 1.64. The lowest BCUT2D eigenvalue weighted by Gasteiger charge is -2.05. The second kappa shape index (κ2) is 4.96. The summed E-state index contributed by atoms with van der Waals surface area (Å²) in [5, 5.41) is 2.92. The normalized spacial score (nSPS) is 11.5. The average molecular weight is 191 g/mol. The molecule has 0 aliphatic heterocycles. The number of rotatable bonds is 3. The lowest BCUT2D eigenvalue weighted by molar-refractivity contribution is -0.119. The van der Waals surface area contributed by atoms with Gasteiger partial charge in [0.05, 0.1) is 6.04 Å². The van der Waals surface area contributed by atoms with Crippen molar-refractivity contribution in [2.75, 3.05) is 0 Å². The average Bonchev–Trinajstić information content (AvgIpc) is 2.19. The third-order valence-corrected chi connectivity index (χ3v) is 1.64. The van der Waals surface area contributed by atoms with Crippen molar-refractivity contribution in [3.63, 3.8) is 0 Å². The maximum absolute atomic E-state index is 11.0. The molecule has 0 radical (unpaired) electrons. The smallest absolute Gasteiger partial charge is 0.235 e. The van der Waals surface area contributed by atoms with Crippen LogP contribution in [0.3, 0.4) is 0 Å². The Morgan fingerprint density at radius 3 is 3.14 bits per heavy atom. The van der Waals surface area contributed by atoms with Crippen LogP contribution in [0.2, 0.25) is 0 Å². The first-order valence-corrected chi connectivity index (χ1v) is 3.97. The van der Waals surface area contributed by atoms with Crippen LogP contribution in [0.1, 0.15) is 5.56 Å². The second-order valence-electron chi connectivity index (χ2n) is 2.70. The van der Waals surface area contributed by atoms with Crippen molar-refractivity contribution in [3.05, 3.63) is 40.5 Å². The highest BCUT2D eigenvalue weighted by Crippen LogP contribution is 2.00. The van der Waals surface area contributed by atoms with Crippen molar-refractivity contribution < 1.29 is 4.79 Å². The Hall–Kier alpha value is -1.91. The van der Waals surface area contributed by atoms with E-state index in [1.54, 1.807) is 24.5 Å².